The summed E-state index contributed by atoms with van der Waals surface area (Å²) in [6.07, 6.45) is 0. The highest BCUT2D eigenvalue weighted by molar-refractivity contribution is 5.88. The quantitative estimate of drug-likeness (QED) is 0.891. The molecule has 19 heavy (non-hydrogen) atoms. The number of rotatable bonds is 2. The van der Waals surface area contributed by atoms with Crippen LogP contribution in [0.5, 0.6) is 0 Å². The Balaban J connectivity index is 2.23. The SMILES string of the molecule is CC1(C)CN(c2ccc(C(=O)O)cc2)CC(C)(C)O1. The molecule has 0 radical (unpaired) electrons. The first-order valence-electron chi connectivity index (χ1n) is 6.47. The number of ether oxygens (including phenoxy) is 1. The van der Waals surface area contributed by atoms with Gasteiger partial charge in [0.25, 0.3) is 0 Å². The minimum absolute atomic E-state index is 0.215. The van der Waals surface area contributed by atoms with Gasteiger partial charge in [0, 0.05) is 18.8 Å². The van der Waals surface area contributed by atoms with Gasteiger partial charge in [-0.3, -0.25) is 0 Å². The van der Waals surface area contributed by atoms with Crippen LogP contribution in [0.1, 0.15) is 38.1 Å². The number of morpholine rings is 1. The third-order valence-corrected chi connectivity index (χ3v) is 3.18. The van der Waals surface area contributed by atoms with Crippen LogP contribution < -0.4 is 4.90 Å². The van der Waals surface area contributed by atoms with Crippen molar-refractivity contribution in [1.29, 1.82) is 0 Å². The van der Waals surface area contributed by atoms with Gasteiger partial charge >= 0.3 is 5.97 Å². The first-order chi connectivity index (χ1) is 8.69. The Morgan fingerprint density at radius 3 is 2.00 bits per heavy atom. The molecule has 4 nitrogen and oxygen atoms in total. The molecule has 0 bridgehead atoms. The van der Waals surface area contributed by atoms with Crippen molar-refractivity contribution in [3.63, 3.8) is 0 Å². The number of aromatic carboxylic acids is 1. The van der Waals surface area contributed by atoms with Gasteiger partial charge < -0.3 is 14.7 Å². The zero-order valence-corrected chi connectivity index (χ0v) is 11.9. The lowest BCUT2D eigenvalue weighted by atomic mass is 9.98. The predicted octanol–water partition coefficient (Wildman–Crippen LogP) is 2.78. The van der Waals surface area contributed by atoms with Gasteiger partial charge in [-0.2, -0.15) is 0 Å². The zero-order valence-electron chi connectivity index (χ0n) is 11.9. The average Bonchev–Trinajstić information content (AvgIpc) is 2.25. The third kappa shape index (κ3) is 3.26. The molecule has 2 rings (SSSR count). The highest BCUT2D eigenvalue weighted by Gasteiger charge is 2.38. The van der Waals surface area contributed by atoms with E-state index < -0.39 is 5.97 Å². The van der Waals surface area contributed by atoms with Gasteiger partial charge in [-0.15, -0.1) is 0 Å². The molecule has 1 aliphatic rings. The van der Waals surface area contributed by atoms with Crippen molar-refractivity contribution >= 4 is 11.7 Å². The fourth-order valence-electron chi connectivity index (χ4n) is 2.79. The lowest BCUT2D eigenvalue weighted by Gasteiger charge is -2.48. The van der Waals surface area contributed by atoms with Crippen LogP contribution in [0.15, 0.2) is 24.3 Å². The van der Waals surface area contributed by atoms with Crippen molar-refractivity contribution in [3.8, 4) is 0 Å². The van der Waals surface area contributed by atoms with E-state index in [4.69, 9.17) is 9.84 Å². The minimum Gasteiger partial charge on any atom is -0.478 e. The molecule has 1 N–H and O–H groups in total. The number of carbonyl (C=O) groups is 1. The monoisotopic (exact) mass is 263 g/mol. The molecule has 0 aliphatic carbocycles. The number of carboxylic acids is 1. The summed E-state index contributed by atoms with van der Waals surface area (Å²) in [5.41, 5.74) is 0.922. The van der Waals surface area contributed by atoms with Crippen molar-refractivity contribution in [1.82, 2.24) is 0 Å². The summed E-state index contributed by atoms with van der Waals surface area (Å²) < 4.78 is 6.04. The summed E-state index contributed by atoms with van der Waals surface area (Å²) in [5, 5.41) is 8.92. The second-order valence-electron chi connectivity index (χ2n) is 6.33. The largest absolute Gasteiger partial charge is 0.478 e. The van der Waals surface area contributed by atoms with Crippen LogP contribution in [0.3, 0.4) is 0 Å². The van der Waals surface area contributed by atoms with Crippen LogP contribution in [0.4, 0.5) is 5.69 Å². The lowest BCUT2D eigenvalue weighted by Crippen LogP contribution is -2.57. The molecule has 0 atom stereocenters. The number of nitrogens with zero attached hydrogens (tertiary/aromatic N) is 1. The van der Waals surface area contributed by atoms with E-state index in [1.165, 1.54) is 0 Å². The average molecular weight is 263 g/mol. The normalized spacial score (nSPS) is 21.2. The van der Waals surface area contributed by atoms with Crippen LogP contribution in [0.2, 0.25) is 0 Å². The van der Waals surface area contributed by atoms with E-state index in [0.29, 0.717) is 5.56 Å². The summed E-state index contributed by atoms with van der Waals surface area (Å²) in [7, 11) is 0. The molecular weight excluding hydrogens is 242 g/mol. The van der Waals surface area contributed by atoms with Crippen LogP contribution in [-0.4, -0.2) is 35.4 Å². The van der Waals surface area contributed by atoms with E-state index in [1.807, 2.05) is 12.1 Å². The van der Waals surface area contributed by atoms with E-state index in [2.05, 4.69) is 32.6 Å². The smallest absolute Gasteiger partial charge is 0.335 e. The zero-order chi connectivity index (χ0) is 14.3. The summed E-state index contributed by atoms with van der Waals surface area (Å²) in [6, 6.07) is 7.02. The van der Waals surface area contributed by atoms with Gasteiger partial charge in [-0.05, 0) is 52.0 Å². The molecule has 104 valence electrons. The summed E-state index contributed by atoms with van der Waals surface area (Å²) in [4.78, 5) is 13.1. The maximum absolute atomic E-state index is 10.9. The highest BCUT2D eigenvalue weighted by Crippen LogP contribution is 2.31. The molecular formula is C15H21NO3. The molecule has 0 spiro atoms. The summed E-state index contributed by atoms with van der Waals surface area (Å²) >= 11 is 0. The van der Waals surface area contributed by atoms with Crippen molar-refractivity contribution in [2.75, 3.05) is 18.0 Å². The van der Waals surface area contributed by atoms with Crippen molar-refractivity contribution in [2.24, 2.45) is 0 Å². The topological polar surface area (TPSA) is 49.8 Å². The van der Waals surface area contributed by atoms with E-state index in [1.54, 1.807) is 12.1 Å². The van der Waals surface area contributed by atoms with E-state index >= 15 is 0 Å². The highest BCUT2D eigenvalue weighted by atomic mass is 16.5. The maximum Gasteiger partial charge on any atom is 0.335 e. The molecule has 0 aromatic heterocycles. The number of carboxylic acid groups (broad SMARTS) is 1. The second-order valence-corrected chi connectivity index (χ2v) is 6.33. The maximum atomic E-state index is 10.9. The molecule has 0 unspecified atom stereocenters. The molecule has 1 saturated heterocycles. The van der Waals surface area contributed by atoms with Crippen LogP contribution in [0.25, 0.3) is 0 Å². The number of benzene rings is 1. The lowest BCUT2D eigenvalue weighted by molar-refractivity contribution is -0.133. The molecule has 0 amide bonds. The standard InChI is InChI=1S/C15H21NO3/c1-14(2)9-16(10-15(3,4)19-14)12-7-5-11(6-8-12)13(17)18/h5-8H,9-10H2,1-4H3,(H,17,18). The number of anilines is 1. The third-order valence-electron chi connectivity index (χ3n) is 3.18. The van der Waals surface area contributed by atoms with Gasteiger partial charge in [-0.1, -0.05) is 0 Å². The second kappa shape index (κ2) is 4.53. The molecule has 1 aromatic rings. The number of hydrogen-bond donors (Lipinski definition) is 1. The van der Waals surface area contributed by atoms with Crippen molar-refractivity contribution < 1.29 is 14.6 Å². The van der Waals surface area contributed by atoms with E-state index in [9.17, 15) is 4.79 Å². The predicted molar refractivity (Wildman–Crippen MR) is 74.9 cm³/mol. The summed E-state index contributed by atoms with van der Waals surface area (Å²) in [6.45, 7) is 9.89. The van der Waals surface area contributed by atoms with Gasteiger partial charge in [0.05, 0.1) is 16.8 Å². The Morgan fingerprint density at radius 1 is 1.11 bits per heavy atom. The first-order valence-corrected chi connectivity index (χ1v) is 6.47. The summed E-state index contributed by atoms with van der Waals surface area (Å²) in [5.74, 6) is -0.894. The van der Waals surface area contributed by atoms with Gasteiger partial charge in [0.15, 0.2) is 0 Å². The Hall–Kier alpha value is -1.55. The van der Waals surface area contributed by atoms with Gasteiger partial charge in [0.2, 0.25) is 0 Å². The minimum atomic E-state index is -0.894. The molecule has 1 fully saturated rings. The fraction of sp³-hybridized carbons (Fsp3) is 0.533. The molecule has 4 heteroatoms. The van der Waals surface area contributed by atoms with Crippen LogP contribution in [0, 0.1) is 0 Å². The van der Waals surface area contributed by atoms with E-state index in [-0.39, 0.29) is 11.2 Å². The molecule has 1 aliphatic heterocycles. The fourth-order valence-corrected chi connectivity index (χ4v) is 2.79. The van der Waals surface area contributed by atoms with Crippen molar-refractivity contribution in [3.05, 3.63) is 29.8 Å². The van der Waals surface area contributed by atoms with Gasteiger partial charge in [-0.25, -0.2) is 4.79 Å². The molecule has 1 heterocycles. The van der Waals surface area contributed by atoms with Crippen LogP contribution in [-0.2, 0) is 4.74 Å². The molecule has 1 aromatic carbocycles. The Labute approximate surface area is 114 Å². The van der Waals surface area contributed by atoms with Crippen LogP contribution >= 0.6 is 0 Å². The van der Waals surface area contributed by atoms with E-state index in [0.717, 1.165) is 18.8 Å². The Bertz CT molecular complexity index is 461. The first kappa shape index (κ1) is 13.9. The van der Waals surface area contributed by atoms with Gasteiger partial charge in [0.1, 0.15) is 0 Å². The van der Waals surface area contributed by atoms with Crippen molar-refractivity contribution in [2.45, 2.75) is 38.9 Å². The number of hydrogen-bond acceptors (Lipinski definition) is 3. The molecule has 0 saturated carbocycles. The Morgan fingerprint density at radius 2 is 1.58 bits per heavy atom. The Kier molecular flexibility index (Phi) is 3.31.